The van der Waals surface area contributed by atoms with Gasteiger partial charge < -0.3 is 5.32 Å². The fourth-order valence-electron chi connectivity index (χ4n) is 2.89. The number of carbonyl (C=O) groups is 1. The Balaban J connectivity index is 1.90. The lowest BCUT2D eigenvalue weighted by Gasteiger charge is -2.47. The van der Waals surface area contributed by atoms with Gasteiger partial charge in [-0.15, -0.1) is 0 Å². The van der Waals surface area contributed by atoms with Crippen LogP contribution in [0.5, 0.6) is 0 Å². The van der Waals surface area contributed by atoms with Crippen LogP contribution >= 0.6 is 15.9 Å². The molecule has 1 amide bonds. The fourth-order valence-corrected chi connectivity index (χ4v) is 3.02. The van der Waals surface area contributed by atoms with Crippen molar-refractivity contribution in [3.8, 4) is 0 Å². The van der Waals surface area contributed by atoms with Crippen LogP contribution in [-0.4, -0.2) is 16.8 Å². The molecule has 2 nitrogen and oxygen atoms in total. The van der Waals surface area contributed by atoms with E-state index in [1.54, 1.807) is 0 Å². The Kier molecular flexibility index (Phi) is 2.87. The van der Waals surface area contributed by atoms with Gasteiger partial charge in [0.05, 0.1) is 4.83 Å². The van der Waals surface area contributed by atoms with Crippen LogP contribution in [0.4, 0.5) is 0 Å². The van der Waals surface area contributed by atoms with Gasteiger partial charge >= 0.3 is 0 Å². The summed E-state index contributed by atoms with van der Waals surface area (Å²) in [5.41, 5.74) is 0.498. The molecule has 1 N–H and O–H groups in total. The SMILES string of the molecule is CC(Br)C(=O)NC1CCC12CCCC2. The van der Waals surface area contributed by atoms with Gasteiger partial charge in [-0.2, -0.15) is 0 Å². The van der Waals surface area contributed by atoms with Crippen LogP contribution in [0, 0.1) is 5.41 Å². The van der Waals surface area contributed by atoms with Gasteiger partial charge in [-0.25, -0.2) is 0 Å². The molecule has 0 bridgehead atoms. The molecule has 14 heavy (non-hydrogen) atoms. The summed E-state index contributed by atoms with van der Waals surface area (Å²) in [6, 6.07) is 0.470. The predicted octanol–water partition coefficient (Wildman–Crippen LogP) is 2.61. The predicted molar refractivity (Wildman–Crippen MR) is 60.5 cm³/mol. The number of alkyl halides is 1. The molecular formula is C11H18BrNO. The number of carbonyl (C=O) groups excluding carboxylic acids is 1. The Labute approximate surface area is 94.0 Å². The number of hydrogen-bond acceptors (Lipinski definition) is 1. The first-order chi connectivity index (χ1) is 6.64. The summed E-state index contributed by atoms with van der Waals surface area (Å²) in [4.78, 5) is 11.5. The third-order valence-corrected chi connectivity index (χ3v) is 4.36. The number of hydrogen-bond donors (Lipinski definition) is 1. The second kappa shape index (κ2) is 3.84. The zero-order chi connectivity index (χ0) is 10.2. The lowest BCUT2D eigenvalue weighted by atomic mass is 9.63. The Morgan fingerprint density at radius 3 is 2.50 bits per heavy atom. The highest BCUT2D eigenvalue weighted by atomic mass is 79.9. The third-order valence-electron chi connectivity index (χ3n) is 3.95. The van der Waals surface area contributed by atoms with Crippen LogP contribution in [0.2, 0.25) is 0 Å². The van der Waals surface area contributed by atoms with Crippen molar-refractivity contribution in [1.82, 2.24) is 5.32 Å². The molecule has 0 aromatic heterocycles. The van der Waals surface area contributed by atoms with E-state index in [4.69, 9.17) is 0 Å². The van der Waals surface area contributed by atoms with E-state index in [2.05, 4.69) is 21.2 Å². The maximum atomic E-state index is 11.5. The standard InChI is InChI=1S/C11H18BrNO/c1-8(12)10(14)13-9-4-7-11(9)5-2-3-6-11/h8-9H,2-7H2,1H3,(H,13,14). The minimum Gasteiger partial charge on any atom is -0.352 e. The van der Waals surface area contributed by atoms with E-state index in [-0.39, 0.29) is 10.7 Å². The van der Waals surface area contributed by atoms with Gasteiger partial charge in [-0.3, -0.25) is 4.79 Å². The lowest BCUT2D eigenvalue weighted by Crippen LogP contribution is -2.55. The maximum absolute atomic E-state index is 11.5. The molecule has 0 radical (unpaired) electrons. The molecule has 1 spiro atoms. The quantitative estimate of drug-likeness (QED) is 0.760. The Morgan fingerprint density at radius 2 is 2.07 bits per heavy atom. The van der Waals surface area contributed by atoms with E-state index in [0.29, 0.717) is 11.5 Å². The van der Waals surface area contributed by atoms with Crippen molar-refractivity contribution in [2.75, 3.05) is 0 Å². The number of halogens is 1. The second-order valence-corrected chi connectivity index (χ2v) is 6.16. The molecule has 2 unspecified atom stereocenters. The van der Waals surface area contributed by atoms with E-state index >= 15 is 0 Å². The van der Waals surface area contributed by atoms with Gasteiger partial charge in [-0.1, -0.05) is 28.8 Å². The lowest BCUT2D eigenvalue weighted by molar-refractivity contribution is -0.123. The number of nitrogens with one attached hydrogen (secondary N) is 1. The summed E-state index contributed by atoms with van der Waals surface area (Å²) < 4.78 is 0. The van der Waals surface area contributed by atoms with Gasteiger partial charge in [0, 0.05) is 6.04 Å². The van der Waals surface area contributed by atoms with Crippen LogP contribution in [0.25, 0.3) is 0 Å². The average Bonchev–Trinajstić information content (AvgIpc) is 2.62. The van der Waals surface area contributed by atoms with Gasteiger partial charge in [0.25, 0.3) is 0 Å². The molecule has 2 rings (SSSR count). The van der Waals surface area contributed by atoms with Crippen molar-refractivity contribution in [3.63, 3.8) is 0 Å². The molecule has 0 aromatic carbocycles. The molecule has 2 atom stereocenters. The van der Waals surface area contributed by atoms with Gasteiger partial charge in [0.15, 0.2) is 0 Å². The van der Waals surface area contributed by atoms with Crippen LogP contribution in [-0.2, 0) is 4.79 Å². The topological polar surface area (TPSA) is 29.1 Å². The molecule has 80 valence electrons. The maximum Gasteiger partial charge on any atom is 0.233 e. The zero-order valence-electron chi connectivity index (χ0n) is 8.68. The summed E-state index contributed by atoms with van der Waals surface area (Å²) >= 11 is 3.31. The molecule has 3 heteroatoms. The number of amides is 1. The van der Waals surface area contributed by atoms with Gasteiger partial charge in [-0.05, 0) is 38.0 Å². The van der Waals surface area contributed by atoms with Gasteiger partial charge in [0.2, 0.25) is 5.91 Å². The molecule has 0 heterocycles. The van der Waals surface area contributed by atoms with Crippen molar-refractivity contribution in [2.45, 2.75) is 56.3 Å². The van der Waals surface area contributed by atoms with Crippen molar-refractivity contribution in [1.29, 1.82) is 0 Å². The molecule has 0 aromatic rings. The molecule has 0 saturated heterocycles. The monoisotopic (exact) mass is 259 g/mol. The van der Waals surface area contributed by atoms with E-state index in [0.717, 1.165) is 0 Å². The van der Waals surface area contributed by atoms with Gasteiger partial charge in [0.1, 0.15) is 0 Å². The molecule has 2 aliphatic carbocycles. The number of rotatable bonds is 2. The summed E-state index contributed by atoms with van der Waals surface area (Å²) in [5.74, 6) is 0.154. The van der Waals surface area contributed by atoms with Crippen LogP contribution in [0.15, 0.2) is 0 Å². The van der Waals surface area contributed by atoms with E-state index < -0.39 is 0 Å². The normalized spacial score (nSPS) is 31.1. The molecule has 2 aliphatic rings. The van der Waals surface area contributed by atoms with Crippen molar-refractivity contribution >= 4 is 21.8 Å². The first kappa shape index (κ1) is 10.5. The summed E-state index contributed by atoms with van der Waals surface area (Å²) in [7, 11) is 0. The smallest absolute Gasteiger partial charge is 0.233 e. The molecule has 2 fully saturated rings. The molecule has 0 aliphatic heterocycles. The zero-order valence-corrected chi connectivity index (χ0v) is 10.3. The third kappa shape index (κ3) is 1.71. The fraction of sp³-hybridized carbons (Fsp3) is 0.909. The summed E-state index contributed by atoms with van der Waals surface area (Å²) in [6.45, 7) is 1.88. The van der Waals surface area contributed by atoms with Crippen molar-refractivity contribution in [2.24, 2.45) is 5.41 Å². The second-order valence-electron chi connectivity index (χ2n) is 4.79. The highest BCUT2D eigenvalue weighted by molar-refractivity contribution is 9.10. The minimum atomic E-state index is -0.0541. The Morgan fingerprint density at radius 1 is 1.43 bits per heavy atom. The molecular weight excluding hydrogens is 242 g/mol. The average molecular weight is 260 g/mol. The Hall–Kier alpha value is -0.0500. The van der Waals surface area contributed by atoms with E-state index in [1.165, 1.54) is 38.5 Å². The minimum absolute atomic E-state index is 0.0541. The largest absolute Gasteiger partial charge is 0.352 e. The first-order valence-corrected chi connectivity index (χ1v) is 6.50. The molecule has 2 saturated carbocycles. The van der Waals surface area contributed by atoms with Crippen molar-refractivity contribution < 1.29 is 4.79 Å². The summed E-state index contributed by atoms with van der Waals surface area (Å²) in [6.07, 6.45) is 7.88. The van der Waals surface area contributed by atoms with Crippen molar-refractivity contribution in [3.05, 3.63) is 0 Å². The van der Waals surface area contributed by atoms with E-state index in [9.17, 15) is 4.79 Å². The highest BCUT2D eigenvalue weighted by Crippen LogP contribution is 2.53. The summed E-state index contributed by atoms with van der Waals surface area (Å²) in [5, 5.41) is 3.16. The van der Waals surface area contributed by atoms with Crippen LogP contribution < -0.4 is 5.32 Å². The highest BCUT2D eigenvalue weighted by Gasteiger charge is 2.48. The Bertz CT molecular complexity index is 233. The first-order valence-electron chi connectivity index (χ1n) is 5.58. The van der Waals surface area contributed by atoms with E-state index in [1.807, 2.05) is 6.92 Å². The van der Waals surface area contributed by atoms with Crippen LogP contribution in [0.3, 0.4) is 0 Å². The van der Waals surface area contributed by atoms with Crippen LogP contribution in [0.1, 0.15) is 45.4 Å².